The summed E-state index contributed by atoms with van der Waals surface area (Å²) in [5, 5.41) is 14.1. The van der Waals surface area contributed by atoms with Gasteiger partial charge in [0.25, 0.3) is 4.92 Å². The molecule has 0 amide bonds. The van der Waals surface area contributed by atoms with Crippen molar-refractivity contribution in [2.24, 2.45) is 5.92 Å². The number of aromatic nitrogens is 1. The molecule has 5 heteroatoms. The summed E-state index contributed by atoms with van der Waals surface area (Å²) in [7, 11) is 0. The van der Waals surface area contributed by atoms with Crippen molar-refractivity contribution in [2.75, 3.05) is 0 Å². The number of H-pyrrole nitrogens is 1. The van der Waals surface area contributed by atoms with Crippen molar-refractivity contribution >= 4 is 16.6 Å². The molecule has 0 saturated heterocycles. The normalized spacial score (nSPS) is 27.1. The number of aromatic amines is 1. The van der Waals surface area contributed by atoms with Crippen LogP contribution in [-0.2, 0) is 6.42 Å². The average molecular weight is 328 g/mol. The molecule has 5 nitrogen and oxygen atoms in total. The maximum atomic E-state index is 11.2. The average Bonchev–Trinajstić information content (AvgIpc) is 2.96. The second-order valence-corrected chi connectivity index (χ2v) is 7.59. The van der Waals surface area contributed by atoms with Gasteiger partial charge in [-0.3, -0.25) is 0 Å². The van der Waals surface area contributed by atoms with Crippen LogP contribution in [0.25, 0.3) is 10.9 Å². The van der Waals surface area contributed by atoms with E-state index >= 15 is 0 Å². The third-order valence-corrected chi connectivity index (χ3v) is 5.86. The monoisotopic (exact) mass is 328 g/mol. The van der Waals surface area contributed by atoms with Crippen LogP contribution in [0.2, 0.25) is 0 Å². The first-order chi connectivity index (χ1) is 11.6. The zero-order valence-electron chi connectivity index (χ0n) is 14.2. The summed E-state index contributed by atoms with van der Waals surface area (Å²) in [5.41, 5.74) is 3.93. The number of benzene rings is 1. The predicted molar refractivity (Wildman–Crippen MR) is 93.6 cm³/mol. The lowest BCUT2D eigenvalue weighted by molar-refractivity contribution is -0.729. The van der Waals surface area contributed by atoms with Crippen molar-refractivity contribution in [2.45, 2.75) is 64.0 Å². The molecule has 1 fully saturated rings. The van der Waals surface area contributed by atoms with E-state index in [1.807, 2.05) is 6.07 Å². The Balaban J connectivity index is 1.62. The lowest BCUT2D eigenvalue weighted by Gasteiger charge is -2.32. The topological polar surface area (TPSA) is 68.1 Å². The minimum Gasteiger partial charge on any atom is -0.357 e. The Hall–Kier alpha value is -1.88. The molecule has 1 aromatic carbocycles. The van der Waals surface area contributed by atoms with E-state index in [0.717, 1.165) is 36.1 Å². The van der Waals surface area contributed by atoms with Gasteiger partial charge in [0.15, 0.2) is 0 Å². The summed E-state index contributed by atoms with van der Waals surface area (Å²) in [6.07, 6.45) is 8.53. The first-order valence-corrected chi connectivity index (χ1v) is 9.18. The number of nitrogens with zero attached hydrogens (tertiary/aromatic N) is 1. The Kier molecular flexibility index (Phi) is 4.04. The van der Waals surface area contributed by atoms with Crippen molar-refractivity contribution < 1.29 is 10.1 Å². The van der Waals surface area contributed by atoms with Gasteiger partial charge in [0, 0.05) is 40.8 Å². The molecule has 2 aromatic rings. The summed E-state index contributed by atoms with van der Waals surface area (Å²) in [6.45, 7) is 2.35. The molecule has 0 bridgehead atoms. The van der Waals surface area contributed by atoms with E-state index in [1.54, 1.807) is 12.1 Å². The molecule has 0 aliphatic heterocycles. The molecule has 0 radical (unpaired) electrons. The number of nitrogens with one attached hydrogen (secondary N) is 2. The SMILES string of the molecule is CC1CCC(NC2CCCc3c2[nH]c2ccc([N+](=O)O)cc32)CC1. The molecule has 4 rings (SSSR count). The van der Waals surface area contributed by atoms with Gasteiger partial charge in [-0.2, -0.15) is 0 Å². The molecule has 1 heterocycles. The van der Waals surface area contributed by atoms with Crippen molar-refractivity contribution in [3.05, 3.63) is 34.4 Å². The molecule has 1 unspecified atom stereocenters. The standard InChI is InChI=1S/C19H26N3O2/c1-12-5-7-13(8-6-12)20-18-4-2-3-15-16-11-14(22(23)24)9-10-17(16)21-19(15)18/h9-13,18,20-21H,2-8H2,1H3,(H,23,24)/q+1. The molecule has 3 N–H and O–H groups in total. The van der Waals surface area contributed by atoms with Crippen LogP contribution in [0.4, 0.5) is 5.69 Å². The summed E-state index contributed by atoms with van der Waals surface area (Å²) >= 11 is 0. The van der Waals surface area contributed by atoms with E-state index < -0.39 is 0 Å². The minimum absolute atomic E-state index is 0.0550. The maximum Gasteiger partial charge on any atom is 0.317 e. The highest BCUT2D eigenvalue weighted by atomic mass is 16.6. The minimum atomic E-state index is -0.0550. The van der Waals surface area contributed by atoms with E-state index in [1.165, 1.54) is 36.9 Å². The summed E-state index contributed by atoms with van der Waals surface area (Å²) in [6, 6.07) is 6.34. The smallest absolute Gasteiger partial charge is 0.317 e. The molecule has 0 spiro atoms. The van der Waals surface area contributed by atoms with Gasteiger partial charge in [0.2, 0.25) is 0 Å². The zero-order chi connectivity index (χ0) is 16.7. The molecular weight excluding hydrogens is 302 g/mol. The number of fused-ring (bicyclic) bond motifs is 3. The highest BCUT2D eigenvalue weighted by molar-refractivity contribution is 5.87. The lowest BCUT2D eigenvalue weighted by Crippen LogP contribution is -2.37. The quantitative estimate of drug-likeness (QED) is 0.726. The first kappa shape index (κ1) is 15.6. The summed E-state index contributed by atoms with van der Waals surface area (Å²) in [5.74, 6) is 0.866. The molecule has 128 valence electrons. The van der Waals surface area contributed by atoms with Crippen LogP contribution in [0.3, 0.4) is 0 Å². The van der Waals surface area contributed by atoms with Crippen LogP contribution < -0.4 is 5.32 Å². The van der Waals surface area contributed by atoms with E-state index in [2.05, 4.69) is 17.2 Å². The lowest BCUT2D eigenvalue weighted by atomic mass is 9.85. The third-order valence-electron chi connectivity index (χ3n) is 5.86. The largest absolute Gasteiger partial charge is 0.357 e. The fraction of sp³-hybridized carbons (Fsp3) is 0.579. The van der Waals surface area contributed by atoms with Crippen molar-refractivity contribution in [3.63, 3.8) is 0 Å². The van der Waals surface area contributed by atoms with Crippen LogP contribution in [0.15, 0.2) is 18.2 Å². The number of hydrogen-bond donors (Lipinski definition) is 3. The molecular formula is C19H26N3O2+. The van der Waals surface area contributed by atoms with Crippen molar-refractivity contribution in [1.82, 2.24) is 10.3 Å². The second kappa shape index (κ2) is 6.20. The molecule has 1 saturated carbocycles. The van der Waals surface area contributed by atoms with Crippen molar-refractivity contribution in [3.8, 4) is 0 Å². The Bertz CT molecular complexity index is 759. The van der Waals surface area contributed by atoms with Crippen LogP contribution in [0, 0.1) is 10.8 Å². The van der Waals surface area contributed by atoms with Gasteiger partial charge in [-0.25, -0.2) is 5.21 Å². The van der Waals surface area contributed by atoms with Gasteiger partial charge >= 0.3 is 5.69 Å². The van der Waals surface area contributed by atoms with Crippen LogP contribution >= 0.6 is 0 Å². The van der Waals surface area contributed by atoms with Crippen molar-refractivity contribution in [1.29, 1.82) is 0 Å². The Morgan fingerprint density at radius 2 is 2.00 bits per heavy atom. The number of aryl methyl sites for hydroxylation is 1. The number of hydrogen-bond acceptors (Lipinski definition) is 2. The van der Waals surface area contributed by atoms with E-state index in [4.69, 9.17) is 5.21 Å². The fourth-order valence-corrected chi connectivity index (χ4v) is 4.45. The van der Waals surface area contributed by atoms with Gasteiger partial charge < -0.3 is 10.3 Å². The molecule has 2 aliphatic rings. The Morgan fingerprint density at radius 1 is 1.21 bits per heavy atom. The third kappa shape index (κ3) is 2.81. The van der Waals surface area contributed by atoms with Gasteiger partial charge in [0.1, 0.15) is 0 Å². The molecule has 2 aliphatic carbocycles. The first-order valence-electron chi connectivity index (χ1n) is 9.18. The number of rotatable bonds is 3. The summed E-state index contributed by atoms with van der Waals surface area (Å²) < 4.78 is 0. The van der Waals surface area contributed by atoms with Crippen LogP contribution in [-0.4, -0.2) is 21.2 Å². The zero-order valence-corrected chi connectivity index (χ0v) is 14.2. The van der Waals surface area contributed by atoms with E-state index in [9.17, 15) is 4.91 Å². The highest BCUT2D eigenvalue weighted by Crippen LogP contribution is 2.37. The van der Waals surface area contributed by atoms with Gasteiger partial charge in [-0.05, 0) is 62.5 Å². The maximum absolute atomic E-state index is 11.2. The van der Waals surface area contributed by atoms with Gasteiger partial charge in [-0.1, -0.05) is 6.92 Å². The molecule has 1 atom stereocenters. The van der Waals surface area contributed by atoms with E-state index in [-0.39, 0.29) is 4.92 Å². The highest BCUT2D eigenvalue weighted by Gasteiger charge is 2.28. The van der Waals surface area contributed by atoms with Gasteiger partial charge in [0.05, 0.1) is 4.91 Å². The Morgan fingerprint density at radius 3 is 2.75 bits per heavy atom. The Labute approximate surface area is 142 Å². The van der Waals surface area contributed by atoms with Crippen LogP contribution in [0.5, 0.6) is 0 Å². The van der Waals surface area contributed by atoms with Crippen LogP contribution in [0.1, 0.15) is 62.7 Å². The molecule has 24 heavy (non-hydrogen) atoms. The van der Waals surface area contributed by atoms with E-state index in [0.29, 0.717) is 17.8 Å². The summed E-state index contributed by atoms with van der Waals surface area (Å²) in [4.78, 5) is 14.7. The fourth-order valence-electron chi connectivity index (χ4n) is 4.45. The second-order valence-electron chi connectivity index (χ2n) is 7.59. The molecule has 1 aromatic heterocycles. The predicted octanol–water partition coefficient (Wildman–Crippen LogP) is 4.51. The van der Waals surface area contributed by atoms with Gasteiger partial charge in [-0.15, -0.1) is 0 Å².